The molecule has 2 unspecified atom stereocenters. The molecule has 0 rings (SSSR count). The van der Waals surface area contributed by atoms with Crippen LogP contribution in [0.4, 0.5) is 0 Å². The summed E-state index contributed by atoms with van der Waals surface area (Å²) < 4.78 is 0. The molecular weight excluding hydrogens is 200 g/mol. The summed E-state index contributed by atoms with van der Waals surface area (Å²) in [6.07, 6.45) is 14.3. The van der Waals surface area contributed by atoms with Gasteiger partial charge in [0.15, 0.2) is 0 Å². The number of aliphatic hydroxyl groups is 2. The minimum absolute atomic E-state index is 0.336. The van der Waals surface area contributed by atoms with E-state index in [1.807, 2.05) is 18.2 Å². The summed E-state index contributed by atoms with van der Waals surface area (Å²) in [7, 11) is 0. The molecule has 0 saturated heterocycles. The van der Waals surface area contributed by atoms with Crippen LogP contribution in [0.5, 0.6) is 0 Å². The summed E-state index contributed by atoms with van der Waals surface area (Å²) in [6, 6.07) is 0. The van der Waals surface area contributed by atoms with E-state index in [4.69, 9.17) is 5.11 Å². The van der Waals surface area contributed by atoms with Gasteiger partial charge in [-0.3, -0.25) is 0 Å². The van der Waals surface area contributed by atoms with Crippen molar-refractivity contribution in [1.82, 2.24) is 0 Å². The molecule has 2 N–H and O–H groups in total. The fraction of sp³-hybridized carbons (Fsp3) is 0.571. The first-order valence-corrected chi connectivity index (χ1v) is 6.04. The molecule has 0 aliphatic carbocycles. The van der Waals surface area contributed by atoms with Gasteiger partial charge in [0.25, 0.3) is 0 Å². The highest BCUT2D eigenvalue weighted by Crippen LogP contribution is 2.04. The van der Waals surface area contributed by atoms with Gasteiger partial charge in [0.2, 0.25) is 0 Å². The molecule has 16 heavy (non-hydrogen) atoms. The van der Waals surface area contributed by atoms with Crippen molar-refractivity contribution in [3.05, 3.63) is 36.5 Å². The van der Waals surface area contributed by atoms with Crippen LogP contribution in [0.25, 0.3) is 0 Å². The second-order valence-electron chi connectivity index (χ2n) is 3.96. The summed E-state index contributed by atoms with van der Waals surface area (Å²) in [4.78, 5) is 0. The van der Waals surface area contributed by atoms with E-state index in [9.17, 15) is 5.11 Å². The fourth-order valence-electron chi connectivity index (χ4n) is 1.25. The Bertz CT molecular complexity index is 227. The van der Waals surface area contributed by atoms with Crippen LogP contribution in [0.1, 0.15) is 39.5 Å². The SMILES string of the molecule is CCCCCC(O)/C=C/C=C/C=C/C(C)O. The first-order valence-electron chi connectivity index (χ1n) is 6.04. The van der Waals surface area contributed by atoms with E-state index in [0.29, 0.717) is 0 Å². The third-order valence-corrected chi connectivity index (χ3v) is 2.16. The van der Waals surface area contributed by atoms with Crippen LogP contribution < -0.4 is 0 Å². The lowest BCUT2D eigenvalue weighted by Crippen LogP contribution is -2.00. The molecule has 2 heteroatoms. The number of hydrogen-bond acceptors (Lipinski definition) is 2. The van der Waals surface area contributed by atoms with Gasteiger partial charge in [0, 0.05) is 0 Å². The minimum Gasteiger partial charge on any atom is -0.389 e. The van der Waals surface area contributed by atoms with Crippen LogP contribution in [0, 0.1) is 0 Å². The molecule has 0 aromatic heterocycles. The summed E-state index contributed by atoms with van der Waals surface area (Å²) in [6.45, 7) is 3.86. The van der Waals surface area contributed by atoms with Crippen molar-refractivity contribution >= 4 is 0 Å². The third-order valence-electron chi connectivity index (χ3n) is 2.16. The first-order chi connectivity index (χ1) is 7.66. The van der Waals surface area contributed by atoms with Crippen LogP contribution in [-0.2, 0) is 0 Å². The highest BCUT2D eigenvalue weighted by Gasteiger charge is 1.96. The molecule has 0 heterocycles. The Balaban J connectivity index is 3.65. The minimum atomic E-state index is -0.409. The normalized spacial score (nSPS) is 16.5. The van der Waals surface area contributed by atoms with Gasteiger partial charge in [-0.25, -0.2) is 0 Å². The highest BCUT2D eigenvalue weighted by atomic mass is 16.3. The average Bonchev–Trinajstić information content (AvgIpc) is 2.23. The predicted molar refractivity (Wildman–Crippen MR) is 69.2 cm³/mol. The van der Waals surface area contributed by atoms with Crippen LogP contribution >= 0.6 is 0 Å². The highest BCUT2D eigenvalue weighted by molar-refractivity contribution is 5.12. The molecule has 0 radical (unpaired) electrons. The predicted octanol–water partition coefficient (Wildman–Crippen LogP) is 2.98. The van der Waals surface area contributed by atoms with E-state index in [1.54, 1.807) is 25.2 Å². The second kappa shape index (κ2) is 10.7. The first kappa shape index (κ1) is 15.1. The zero-order valence-corrected chi connectivity index (χ0v) is 10.3. The van der Waals surface area contributed by atoms with Crippen molar-refractivity contribution in [2.45, 2.75) is 51.7 Å². The molecule has 0 saturated carbocycles. The van der Waals surface area contributed by atoms with Crippen LogP contribution in [0.3, 0.4) is 0 Å². The molecule has 2 nitrogen and oxygen atoms in total. The summed E-state index contributed by atoms with van der Waals surface area (Å²) in [5.74, 6) is 0. The summed E-state index contributed by atoms with van der Waals surface area (Å²) in [5, 5.41) is 18.5. The number of rotatable bonds is 8. The number of unbranched alkanes of at least 4 members (excludes halogenated alkanes) is 2. The molecule has 0 spiro atoms. The molecule has 92 valence electrons. The lowest BCUT2D eigenvalue weighted by molar-refractivity contribution is 0.208. The maximum absolute atomic E-state index is 9.54. The van der Waals surface area contributed by atoms with E-state index in [1.165, 1.54) is 12.8 Å². The van der Waals surface area contributed by atoms with Gasteiger partial charge >= 0.3 is 0 Å². The average molecular weight is 224 g/mol. The van der Waals surface area contributed by atoms with Gasteiger partial charge in [-0.1, -0.05) is 62.6 Å². The van der Waals surface area contributed by atoms with Gasteiger partial charge < -0.3 is 10.2 Å². The Morgan fingerprint density at radius 1 is 0.938 bits per heavy atom. The molecule has 0 aliphatic heterocycles. The van der Waals surface area contributed by atoms with E-state index >= 15 is 0 Å². The summed E-state index contributed by atoms with van der Waals surface area (Å²) >= 11 is 0. The zero-order chi connectivity index (χ0) is 12.2. The van der Waals surface area contributed by atoms with Crippen LogP contribution in [0.15, 0.2) is 36.5 Å². The maximum Gasteiger partial charge on any atom is 0.0723 e. The van der Waals surface area contributed by atoms with Gasteiger partial charge in [-0.05, 0) is 13.3 Å². The van der Waals surface area contributed by atoms with Crippen molar-refractivity contribution in [3.63, 3.8) is 0 Å². The Labute approximate surface area is 99.0 Å². The second-order valence-corrected chi connectivity index (χ2v) is 3.96. The van der Waals surface area contributed by atoms with Crippen LogP contribution in [0.2, 0.25) is 0 Å². The van der Waals surface area contributed by atoms with E-state index in [0.717, 1.165) is 12.8 Å². The molecule has 0 aliphatic rings. The van der Waals surface area contributed by atoms with Gasteiger partial charge in [0.05, 0.1) is 12.2 Å². The molecule has 0 bridgehead atoms. The fourth-order valence-corrected chi connectivity index (χ4v) is 1.25. The van der Waals surface area contributed by atoms with E-state index in [2.05, 4.69) is 6.92 Å². The Morgan fingerprint density at radius 3 is 2.12 bits per heavy atom. The summed E-state index contributed by atoms with van der Waals surface area (Å²) in [5.41, 5.74) is 0. The lowest BCUT2D eigenvalue weighted by atomic mass is 10.1. The van der Waals surface area contributed by atoms with E-state index in [-0.39, 0.29) is 6.10 Å². The lowest BCUT2D eigenvalue weighted by Gasteiger charge is -2.02. The smallest absolute Gasteiger partial charge is 0.0723 e. The number of allylic oxidation sites excluding steroid dienone is 4. The molecule has 0 fully saturated rings. The monoisotopic (exact) mass is 224 g/mol. The maximum atomic E-state index is 9.54. The number of aliphatic hydroxyl groups excluding tert-OH is 2. The van der Waals surface area contributed by atoms with Gasteiger partial charge in [-0.15, -0.1) is 0 Å². The molecule has 0 aromatic carbocycles. The Hall–Kier alpha value is -0.860. The Kier molecular flexibility index (Phi) is 10.1. The van der Waals surface area contributed by atoms with Crippen molar-refractivity contribution in [3.8, 4) is 0 Å². The molecule has 0 amide bonds. The van der Waals surface area contributed by atoms with Crippen molar-refractivity contribution in [2.24, 2.45) is 0 Å². The molecular formula is C14H24O2. The third kappa shape index (κ3) is 11.2. The largest absolute Gasteiger partial charge is 0.389 e. The van der Waals surface area contributed by atoms with Crippen molar-refractivity contribution in [1.29, 1.82) is 0 Å². The molecule has 0 aromatic rings. The van der Waals surface area contributed by atoms with Crippen molar-refractivity contribution in [2.75, 3.05) is 0 Å². The topological polar surface area (TPSA) is 40.5 Å². The molecule has 2 atom stereocenters. The number of hydrogen-bond donors (Lipinski definition) is 2. The Morgan fingerprint density at radius 2 is 1.56 bits per heavy atom. The quantitative estimate of drug-likeness (QED) is 0.491. The zero-order valence-electron chi connectivity index (χ0n) is 10.3. The van der Waals surface area contributed by atoms with Crippen molar-refractivity contribution < 1.29 is 10.2 Å². The standard InChI is InChI=1S/C14H24O2/c1-3-4-7-11-14(16)12-9-6-5-8-10-13(2)15/h5-6,8-10,12-16H,3-4,7,11H2,1-2H3/b6-5+,10-8+,12-9+. The van der Waals surface area contributed by atoms with Gasteiger partial charge in [-0.2, -0.15) is 0 Å². The van der Waals surface area contributed by atoms with Gasteiger partial charge in [0.1, 0.15) is 0 Å². The van der Waals surface area contributed by atoms with E-state index < -0.39 is 6.10 Å². The van der Waals surface area contributed by atoms with Crippen LogP contribution in [-0.4, -0.2) is 22.4 Å².